The molecular weight excluding hydrogens is 252 g/mol. The van der Waals surface area contributed by atoms with Crippen LogP contribution in [0.5, 0.6) is 0 Å². The van der Waals surface area contributed by atoms with Gasteiger partial charge in [0.05, 0.1) is 18.2 Å². The summed E-state index contributed by atoms with van der Waals surface area (Å²) >= 11 is 0. The van der Waals surface area contributed by atoms with Crippen molar-refractivity contribution in [3.63, 3.8) is 0 Å². The summed E-state index contributed by atoms with van der Waals surface area (Å²) in [5, 5.41) is 23.8. The average molecular weight is 276 g/mol. The lowest BCUT2D eigenvalue weighted by molar-refractivity contribution is -0.0921. The number of benzene rings is 1. The van der Waals surface area contributed by atoms with Crippen molar-refractivity contribution in [1.29, 1.82) is 0 Å². The summed E-state index contributed by atoms with van der Waals surface area (Å²) < 4.78 is 0. The topological polar surface area (TPSA) is 55.7 Å². The number of aliphatic hydroxyl groups is 2. The van der Waals surface area contributed by atoms with Crippen LogP contribution in [0.4, 0.5) is 0 Å². The predicted octanol–water partition coefficient (Wildman–Crippen LogP) is 0.735. The first-order chi connectivity index (χ1) is 9.75. The standard InChI is InChI=1S/C16H24N2O2/c19-14-11-18-9-5-4-8-13(18)15(16(14)20)17-10-12-6-2-1-3-7-12/h1-3,6-7,13-17,19-20H,4-5,8-11H2/t13-,14+,15+,16-/m1/s1. The molecule has 2 fully saturated rings. The molecule has 1 aromatic carbocycles. The van der Waals surface area contributed by atoms with Gasteiger partial charge in [-0.05, 0) is 24.9 Å². The third-order valence-electron chi connectivity index (χ3n) is 4.65. The molecule has 0 unspecified atom stereocenters. The molecule has 0 amide bonds. The van der Waals surface area contributed by atoms with Crippen molar-refractivity contribution in [2.45, 2.75) is 50.1 Å². The lowest BCUT2D eigenvalue weighted by atomic mass is 9.85. The SMILES string of the molecule is O[C@H]1[C@@H](NCc2ccccc2)[C@H]2CCCCN2C[C@@H]1O. The Morgan fingerprint density at radius 1 is 1.15 bits per heavy atom. The number of hydrogen-bond donors (Lipinski definition) is 3. The minimum atomic E-state index is -0.668. The number of aliphatic hydroxyl groups excluding tert-OH is 2. The van der Waals surface area contributed by atoms with Gasteiger partial charge in [-0.2, -0.15) is 0 Å². The molecule has 110 valence electrons. The lowest BCUT2D eigenvalue weighted by Crippen LogP contribution is -2.66. The normalized spacial score (nSPS) is 34.7. The van der Waals surface area contributed by atoms with E-state index in [2.05, 4.69) is 22.3 Å². The molecule has 0 saturated carbocycles. The van der Waals surface area contributed by atoms with Crippen LogP contribution >= 0.6 is 0 Å². The maximum Gasteiger partial charge on any atom is 0.0979 e. The van der Waals surface area contributed by atoms with Gasteiger partial charge in [0.1, 0.15) is 0 Å². The molecular formula is C16H24N2O2. The first kappa shape index (κ1) is 14.0. The van der Waals surface area contributed by atoms with Gasteiger partial charge in [0.15, 0.2) is 0 Å². The summed E-state index contributed by atoms with van der Waals surface area (Å²) in [7, 11) is 0. The zero-order chi connectivity index (χ0) is 13.9. The van der Waals surface area contributed by atoms with Gasteiger partial charge in [0, 0.05) is 19.1 Å². The van der Waals surface area contributed by atoms with E-state index in [0.29, 0.717) is 12.6 Å². The second-order valence-corrected chi connectivity index (χ2v) is 6.01. The predicted molar refractivity (Wildman–Crippen MR) is 78.3 cm³/mol. The van der Waals surface area contributed by atoms with Crippen LogP contribution in [0.2, 0.25) is 0 Å². The first-order valence-electron chi connectivity index (χ1n) is 7.63. The van der Waals surface area contributed by atoms with Gasteiger partial charge in [-0.15, -0.1) is 0 Å². The zero-order valence-electron chi connectivity index (χ0n) is 11.8. The van der Waals surface area contributed by atoms with E-state index in [1.54, 1.807) is 0 Å². The number of rotatable bonds is 3. The van der Waals surface area contributed by atoms with E-state index >= 15 is 0 Å². The highest BCUT2D eigenvalue weighted by atomic mass is 16.3. The monoisotopic (exact) mass is 276 g/mol. The van der Waals surface area contributed by atoms with Gasteiger partial charge in [-0.1, -0.05) is 36.8 Å². The molecule has 3 rings (SSSR count). The molecule has 2 aliphatic heterocycles. The van der Waals surface area contributed by atoms with Crippen LogP contribution < -0.4 is 5.32 Å². The first-order valence-corrected chi connectivity index (χ1v) is 7.63. The van der Waals surface area contributed by atoms with Gasteiger partial charge < -0.3 is 15.5 Å². The molecule has 0 radical (unpaired) electrons. The van der Waals surface area contributed by atoms with Gasteiger partial charge >= 0.3 is 0 Å². The molecule has 0 bridgehead atoms. The van der Waals surface area contributed by atoms with Crippen LogP contribution in [0.3, 0.4) is 0 Å². The molecule has 0 aromatic heterocycles. The molecule has 4 atom stereocenters. The number of nitrogens with zero attached hydrogens (tertiary/aromatic N) is 1. The Kier molecular flexibility index (Phi) is 4.36. The van der Waals surface area contributed by atoms with Gasteiger partial charge in [-0.25, -0.2) is 0 Å². The van der Waals surface area contributed by atoms with Crippen LogP contribution in [0.15, 0.2) is 30.3 Å². The molecule has 1 aromatic rings. The van der Waals surface area contributed by atoms with Crippen molar-refractivity contribution in [2.75, 3.05) is 13.1 Å². The Hall–Kier alpha value is -0.940. The number of hydrogen-bond acceptors (Lipinski definition) is 4. The third kappa shape index (κ3) is 2.88. The zero-order valence-corrected chi connectivity index (χ0v) is 11.8. The average Bonchev–Trinajstić information content (AvgIpc) is 2.49. The van der Waals surface area contributed by atoms with Crippen LogP contribution in [0.1, 0.15) is 24.8 Å². The number of fused-ring (bicyclic) bond motifs is 1. The van der Waals surface area contributed by atoms with E-state index in [1.807, 2.05) is 18.2 Å². The maximum absolute atomic E-state index is 10.3. The Morgan fingerprint density at radius 3 is 2.75 bits per heavy atom. The van der Waals surface area contributed by atoms with E-state index in [1.165, 1.54) is 18.4 Å². The summed E-state index contributed by atoms with van der Waals surface area (Å²) in [6, 6.07) is 10.5. The minimum absolute atomic E-state index is 0.0424. The highest BCUT2D eigenvalue weighted by Gasteiger charge is 2.42. The highest BCUT2D eigenvalue weighted by molar-refractivity contribution is 5.15. The minimum Gasteiger partial charge on any atom is -0.389 e. The molecule has 0 spiro atoms. The van der Waals surface area contributed by atoms with Crippen LogP contribution in [0, 0.1) is 0 Å². The molecule has 2 heterocycles. The fraction of sp³-hybridized carbons (Fsp3) is 0.625. The summed E-state index contributed by atoms with van der Waals surface area (Å²) in [4.78, 5) is 2.34. The van der Waals surface area contributed by atoms with Gasteiger partial charge in [0.25, 0.3) is 0 Å². The Labute approximate surface area is 120 Å². The van der Waals surface area contributed by atoms with E-state index in [4.69, 9.17) is 0 Å². The smallest absolute Gasteiger partial charge is 0.0979 e. The van der Waals surface area contributed by atoms with Gasteiger partial charge in [0.2, 0.25) is 0 Å². The Bertz CT molecular complexity index is 426. The van der Waals surface area contributed by atoms with E-state index in [9.17, 15) is 10.2 Å². The second kappa shape index (κ2) is 6.22. The quantitative estimate of drug-likeness (QED) is 0.762. The van der Waals surface area contributed by atoms with Crippen LogP contribution in [-0.2, 0) is 6.54 Å². The van der Waals surface area contributed by atoms with Gasteiger partial charge in [-0.3, -0.25) is 4.90 Å². The largest absolute Gasteiger partial charge is 0.389 e. The molecule has 4 heteroatoms. The van der Waals surface area contributed by atoms with Crippen LogP contribution in [0.25, 0.3) is 0 Å². The highest BCUT2D eigenvalue weighted by Crippen LogP contribution is 2.27. The summed E-state index contributed by atoms with van der Waals surface area (Å²) in [5.74, 6) is 0. The number of nitrogens with one attached hydrogen (secondary N) is 1. The van der Waals surface area contributed by atoms with E-state index in [0.717, 1.165) is 19.5 Å². The molecule has 2 aliphatic rings. The fourth-order valence-electron chi connectivity index (χ4n) is 3.55. The van der Waals surface area contributed by atoms with Crippen molar-refractivity contribution < 1.29 is 10.2 Å². The summed E-state index contributed by atoms with van der Waals surface area (Å²) in [6.45, 7) is 2.38. The molecule has 4 nitrogen and oxygen atoms in total. The maximum atomic E-state index is 10.3. The second-order valence-electron chi connectivity index (χ2n) is 6.01. The fourth-order valence-corrected chi connectivity index (χ4v) is 3.55. The van der Waals surface area contributed by atoms with Crippen molar-refractivity contribution in [3.8, 4) is 0 Å². The summed E-state index contributed by atoms with van der Waals surface area (Å²) in [6.07, 6.45) is 2.21. The molecule has 0 aliphatic carbocycles. The van der Waals surface area contributed by atoms with Crippen molar-refractivity contribution in [3.05, 3.63) is 35.9 Å². The molecule has 2 saturated heterocycles. The number of piperidine rings is 2. The molecule has 3 N–H and O–H groups in total. The van der Waals surface area contributed by atoms with Crippen molar-refractivity contribution in [1.82, 2.24) is 10.2 Å². The van der Waals surface area contributed by atoms with E-state index in [-0.39, 0.29) is 6.04 Å². The lowest BCUT2D eigenvalue weighted by Gasteiger charge is -2.48. The Morgan fingerprint density at radius 2 is 1.95 bits per heavy atom. The Balaban J connectivity index is 1.68. The van der Waals surface area contributed by atoms with Crippen molar-refractivity contribution in [2.24, 2.45) is 0 Å². The molecule has 20 heavy (non-hydrogen) atoms. The van der Waals surface area contributed by atoms with Crippen molar-refractivity contribution >= 4 is 0 Å². The van der Waals surface area contributed by atoms with Crippen LogP contribution in [-0.4, -0.2) is 52.5 Å². The van der Waals surface area contributed by atoms with E-state index < -0.39 is 12.2 Å². The third-order valence-corrected chi connectivity index (χ3v) is 4.65. The summed E-state index contributed by atoms with van der Waals surface area (Å²) in [5.41, 5.74) is 1.21.